The number of nitrogens with two attached hydrogens (primary N) is 1. The van der Waals surface area contributed by atoms with Gasteiger partial charge in [-0.05, 0) is 139 Å². The molecule has 6 aromatic carbocycles. The fourth-order valence-corrected chi connectivity index (χ4v) is 15.8. The minimum absolute atomic E-state index is 0.0379. The molecule has 0 spiro atoms. The van der Waals surface area contributed by atoms with Crippen LogP contribution in [0.25, 0.3) is 11.1 Å². The summed E-state index contributed by atoms with van der Waals surface area (Å²) in [4.78, 5) is 150. The summed E-state index contributed by atoms with van der Waals surface area (Å²) in [5.41, 5.74) is 6.35. The third kappa shape index (κ3) is 20.6. The van der Waals surface area contributed by atoms with Crippen molar-refractivity contribution in [2.75, 3.05) is 32.6 Å². The molecule has 43 heteroatoms. The van der Waals surface area contributed by atoms with Crippen molar-refractivity contribution in [1.82, 2.24) is 62.9 Å². The normalized spacial score (nSPS) is 26.1. The van der Waals surface area contributed by atoms with Crippen LogP contribution in [-0.4, -0.2) is 215 Å². The molecule has 7 aromatic rings. The molecular weight excluding hydrogens is 1710 g/mol. The second-order valence-electron chi connectivity index (χ2n) is 30.7. The zero-order chi connectivity index (χ0) is 89.8. The van der Waals surface area contributed by atoms with Crippen LogP contribution in [0.4, 0.5) is 5.82 Å². The molecule has 7 aliphatic heterocycles. The summed E-state index contributed by atoms with van der Waals surface area (Å²) < 4.78 is 40.6. The molecule has 9 amide bonds. The van der Waals surface area contributed by atoms with Gasteiger partial charge >= 0.3 is 5.69 Å². The molecule has 662 valence electrons. The number of aromatic nitrogens is 2. The number of carbonyl (C=O) groups is 9. The molecule has 2 saturated heterocycles. The molecule has 0 saturated carbocycles. The van der Waals surface area contributed by atoms with E-state index in [0.717, 1.165) is 66.7 Å². The second-order valence-corrected chi connectivity index (χ2v) is 32.3. The van der Waals surface area contributed by atoms with Gasteiger partial charge in [0.05, 0.1) is 57.8 Å². The molecule has 18 atom stereocenters. The highest BCUT2D eigenvalue weighted by Crippen LogP contribution is 2.50. The number of fused-ring (bicyclic) bond motifs is 15. The van der Waals surface area contributed by atoms with Crippen LogP contribution in [0.2, 0.25) is 20.1 Å². The molecule has 0 radical (unpaired) electrons. The molecule has 39 nitrogen and oxygen atoms in total. The number of rotatable bonds is 21. The minimum Gasteiger partial charge on any atom is -0.508 e. The fraction of sp³-hybridized carbons (Fsp3) is 0.395. The van der Waals surface area contributed by atoms with E-state index in [1.165, 1.54) is 62.1 Å². The lowest BCUT2D eigenvalue weighted by atomic mass is 9.85. The van der Waals surface area contributed by atoms with Crippen LogP contribution in [0.3, 0.4) is 0 Å². The Bertz CT molecular complexity index is 5350. The van der Waals surface area contributed by atoms with Crippen LogP contribution in [0.15, 0.2) is 114 Å². The minimum atomic E-state index is -2.38. The maximum Gasteiger partial charge on any atom is 0.349 e. The Morgan fingerprint density at radius 3 is 1.98 bits per heavy atom. The molecular formula is C81H90Cl4N14O25. The maximum absolute atomic E-state index is 16.3. The molecule has 11 bridgehead atoms. The van der Waals surface area contributed by atoms with Gasteiger partial charge in [0.2, 0.25) is 59.3 Å². The number of hydrogen-bond donors (Lipinski definition) is 21. The number of nitrogens with zero attached hydrogens (tertiary/aromatic N) is 2. The number of aromatic hydroxyl groups is 3. The predicted octanol–water partition coefficient (Wildman–Crippen LogP) is 1.65. The molecule has 14 rings (SSSR count). The van der Waals surface area contributed by atoms with Crippen molar-refractivity contribution >= 4 is 105 Å². The van der Waals surface area contributed by atoms with Gasteiger partial charge in [-0.15, -0.1) is 0 Å². The summed E-state index contributed by atoms with van der Waals surface area (Å²) in [6, 6.07) is 5.85. The van der Waals surface area contributed by atoms with Crippen LogP contribution < -0.4 is 84.3 Å². The predicted molar refractivity (Wildman–Crippen MR) is 440 cm³/mol. The van der Waals surface area contributed by atoms with Gasteiger partial charge in [-0.25, -0.2) is 10.2 Å². The van der Waals surface area contributed by atoms with E-state index in [-0.39, 0.29) is 71.6 Å². The number of aliphatic hydroxyl groups is 6. The van der Waals surface area contributed by atoms with Gasteiger partial charge in [-0.1, -0.05) is 84.5 Å². The quantitative estimate of drug-likeness (QED) is 0.0455. The summed E-state index contributed by atoms with van der Waals surface area (Å²) in [7, 11) is 2.75. The summed E-state index contributed by atoms with van der Waals surface area (Å²) in [5.74, 6) is -15.8. The molecule has 22 N–H and O–H groups in total. The number of likely N-dealkylation sites (N-methyl/N-ethyl adjacent to an activating group) is 1. The Labute approximate surface area is 725 Å². The van der Waals surface area contributed by atoms with Crippen molar-refractivity contribution in [1.29, 1.82) is 0 Å². The van der Waals surface area contributed by atoms with E-state index >= 15 is 24.0 Å². The van der Waals surface area contributed by atoms with Crippen molar-refractivity contribution in [3.8, 4) is 57.1 Å². The zero-order valence-corrected chi connectivity index (χ0v) is 69.8. The smallest absolute Gasteiger partial charge is 0.349 e. The number of phenols is 3. The number of carbonyl (C=O) groups excluding carboxylic acids is 9. The van der Waals surface area contributed by atoms with Crippen molar-refractivity contribution < 1.29 is 118 Å². The van der Waals surface area contributed by atoms with Gasteiger partial charge in [0.15, 0.2) is 23.9 Å². The maximum atomic E-state index is 16.3. The Morgan fingerprint density at radius 2 is 1.35 bits per heavy atom. The van der Waals surface area contributed by atoms with E-state index in [1.807, 2.05) is 13.8 Å². The van der Waals surface area contributed by atoms with Gasteiger partial charge in [-0.3, -0.25) is 53.1 Å². The number of anilines is 1. The van der Waals surface area contributed by atoms with Gasteiger partial charge in [0, 0.05) is 55.5 Å². The summed E-state index contributed by atoms with van der Waals surface area (Å²) in [6.45, 7) is 5.60. The highest BCUT2D eigenvalue weighted by atomic mass is 35.5. The molecule has 124 heavy (non-hydrogen) atoms. The van der Waals surface area contributed by atoms with E-state index in [0.29, 0.717) is 10.6 Å². The molecule has 0 aliphatic carbocycles. The van der Waals surface area contributed by atoms with Crippen molar-refractivity contribution in [2.24, 2.45) is 11.7 Å². The number of amides is 9. The van der Waals surface area contributed by atoms with Crippen LogP contribution in [0.1, 0.15) is 111 Å². The highest BCUT2D eigenvalue weighted by Gasteiger charge is 2.52. The third-order valence-corrected chi connectivity index (χ3v) is 22.7. The average Bonchev–Trinajstić information content (AvgIpc) is 0.765. The van der Waals surface area contributed by atoms with Gasteiger partial charge in [0.25, 0.3) is 5.91 Å². The van der Waals surface area contributed by atoms with Crippen LogP contribution >= 0.6 is 46.4 Å². The van der Waals surface area contributed by atoms with E-state index in [1.54, 1.807) is 13.0 Å². The summed E-state index contributed by atoms with van der Waals surface area (Å²) in [6.07, 6.45) is -18.2. The number of halogens is 4. The van der Waals surface area contributed by atoms with Gasteiger partial charge in [0.1, 0.15) is 101 Å². The first-order valence-corrected chi connectivity index (χ1v) is 40.3. The number of hydrogen-bond acceptors (Lipinski definition) is 29. The van der Waals surface area contributed by atoms with E-state index in [2.05, 4.69) is 63.7 Å². The Kier molecular flexibility index (Phi) is 29.0. The number of benzene rings is 6. The van der Waals surface area contributed by atoms with E-state index in [4.69, 9.17) is 80.6 Å². The molecule has 7 aliphatic rings. The van der Waals surface area contributed by atoms with Crippen molar-refractivity contribution in [2.45, 2.75) is 169 Å². The Morgan fingerprint density at radius 1 is 0.694 bits per heavy atom. The van der Waals surface area contributed by atoms with Crippen molar-refractivity contribution in [3.63, 3.8) is 0 Å². The van der Waals surface area contributed by atoms with Crippen LogP contribution in [0, 0.1) is 5.92 Å². The lowest BCUT2D eigenvalue weighted by Crippen LogP contribution is -2.65. The SMILES string of the molecule is CNNC(=O)[C@@H]1NC(=O)[C@H]2NC(=O)[C@H](NC(=O)[C@@H]3NC(=O)[C@H](CC(N)=O)NC(=O)[C@H](NC(=O)[C@@H](CC(C)C)NC)[C@H](O)c4ccc(c(Cl)c4)Oc4cc3cc(c4O[C@@H]3O[C@H](CO)[C@@H](O)[C@H](O)[C@H]3O[C@H]3C[C@](C)(NCCn4ccc(NC(=O)Cc5ccc(Cl)c(Cl)c5)nc4=O)[C@H](O)[C@H](C)O3)Oc3ccc(cc3Cl)[C@H]2O)c2ccc(O)c(c2)-c2c(O)cc(O)cc21. The first-order chi connectivity index (χ1) is 58.8. The van der Waals surface area contributed by atoms with Gasteiger partial charge < -0.3 is 128 Å². The summed E-state index contributed by atoms with van der Waals surface area (Å²) in [5, 5.41) is 130. The molecule has 0 unspecified atom stereocenters. The van der Waals surface area contributed by atoms with E-state index < -0.39 is 254 Å². The largest absolute Gasteiger partial charge is 0.508 e. The lowest BCUT2D eigenvalue weighted by molar-refractivity contribution is -0.334. The van der Waals surface area contributed by atoms with Crippen LogP contribution in [-0.2, 0) is 70.3 Å². The monoisotopic (exact) mass is 1800 g/mol. The van der Waals surface area contributed by atoms with E-state index in [9.17, 15) is 69.9 Å². The molecule has 8 heterocycles. The Balaban J connectivity index is 0.997. The number of primary amides is 1. The fourth-order valence-electron chi connectivity index (χ4n) is 15.0. The number of aliphatic hydroxyl groups excluding tert-OH is 6. The van der Waals surface area contributed by atoms with Crippen LogP contribution in [0.5, 0.6) is 46.0 Å². The average molecular weight is 1800 g/mol. The standard InChI is InChI=1S/C81H90Cl4N14O25/c1-32(2)19-46(87-5)72(111)96-63-65(106)36-9-13-50(44(84)23-36)120-52-25-38-26-53(69(52)124-79-70(68(109)67(108)54(31-100)122-79)123-58-30-81(4,71(110)33(3)119-58)89-16-18-99-17-15-56(92-80(99)118)91-57(105)21-34-7-11-42(82)43(83)20-34)121-51-14-10-37(24-45(51)85)66(107)64-77(116)95-62(78(117)98-88-6)41-27-39(101)28-49(103)59(41)40-22-35(8-12-48(40)102)60(74(113)97-64)94-75(114)61(38)93-73(112)47(29-55(86)104)90-76(63)115/h7-15,17,20,22-28,32-33,46-47,54,58,60-68,70-71,79,87-89,100-103,106-110H,16,18-19,21,29-31H2,1-6H3,(H2,86,104)(H,90,115)(H,93,112)(H,94,114)(H,95,116)(H,96,111)(H,97,113)(H,98,117)(H,91,92,105,118)/t33-,46+,47-,54+,58-,60+,61+,62+,63+,64-,65+,66+,67+,68-,70+,71+,79-,81-/m0/s1. The van der Waals surface area contributed by atoms with Gasteiger partial charge in [-0.2, -0.15) is 4.98 Å². The first-order valence-electron chi connectivity index (χ1n) is 38.8. The first kappa shape index (κ1) is 92.1. The summed E-state index contributed by atoms with van der Waals surface area (Å²) >= 11 is 26.5. The lowest BCUT2D eigenvalue weighted by Gasteiger charge is -2.48. The highest BCUT2D eigenvalue weighted by molar-refractivity contribution is 6.42. The number of nitrogens with one attached hydrogen (secondary N) is 11. The molecule has 2 fully saturated rings. The Hall–Kier alpha value is -11.1. The topological polar surface area (TPSA) is 584 Å². The second kappa shape index (κ2) is 39.0. The third-order valence-electron chi connectivity index (χ3n) is 21.4. The number of hydrazine groups is 1. The van der Waals surface area contributed by atoms with Crippen molar-refractivity contribution in [3.05, 3.63) is 173 Å². The number of ether oxygens (including phenoxy) is 6. The number of phenolic OH excluding ortho intramolecular Hbond substituents is 3. The zero-order valence-electron chi connectivity index (χ0n) is 66.8. The molecule has 1 aromatic heterocycles.